The number of benzene rings is 2. The van der Waals surface area contributed by atoms with Crippen molar-refractivity contribution in [2.24, 2.45) is 17.6 Å². The van der Waals surface area contributed by atoms with Crippen LogP contribution < -0.4 is 5.73 Å². The average molecular weight is 415 g/mol. The van der Waals surface area contributed by atoms with Crippen LogP contribution in [-0.4, -0.2) is 29.7 Å². The summed E-state index contributed by atoms with van der Waals surface area (Å²) in [7, 11) is 0. The van der Waals surface area contributed by atoms with E-state index >= 15 is 0 Å². The molecule has 0 spiro atoms. The molecule has 29 heavy (non-hydrogen) atoms. The van der Waals surface area contributed by atoms with Gasteiger partial charge in [-0.05, 0) is 48.4 Å². The SMILES string of the molecule is CC(C)Cc1ccc(C(=O)C2CCN(C(=O)c3ccc(CN)cc3)CC2)cc1.Cl. The predicted molar refractivity (Wildman–Crippen MR) is 120 cm³/mol. The molecule has 156 valence electrons. The molecule has 2 N–H and O–H groups in total. The first-order valence-electron chi connectivity index (χ1n) is 10.2. The minimum absolute atomic E-state index is 0. The Balaban J connectivity index is 0.00000300. The van der Waals surface area contributed by atoms with Crippen molar-refractivity contribution in [3.63, 3.8) is 0 Å². The normalized spacial score (nSPS) is 14.6. The molecule has 0 aromatic heterocycles. The highest BCUT2D eigenvalue weighted by atomic mass is 35.5. The van der Waals surface area contributed by atoms with Gasteiger partial charge in [0.2, 0.25) is 0 Å². The lowest BCUT2D eigenvalue weighted by Crippen LogP contribution is -2.40. The fraction of sp³-hybridized carbons (Fsp3) is 0.417. The Kier molecular flexibility index (Phi) is 8.42. The van der Waals surface area contributed by atoms with Gasteiger partial charge in [0.25, 0.3) is 5.91 Å². The van der Waals surface area contributed by atoms with Crippen molar-refractivity contribution >= 4 is 24.1 Å². The topological polar surface area (TPSA) is 63.4 Å². The first kappa shape index (κ1) is 23.1. The quantitative estimate of drug-likeness (QED) is 0.707. The number of likely N-dealkylation sites (tertiary alicyclic amines) is 1. The molecule has 1 heterocycles. The van der Waals surface area contributed by atoms with Crippen molar-refractivity contribution in [1.29, 1.82) is 0 Å². The summed E-state index contributed by atoms with van der Waals surface area (Å²) in [6.45, 7) is 6.11. The summed E-state index contributed by atoms with van der Waals surface area (Å²) in [6, 6.07) is 15.5. The van der Waals surface area contributed by atoms with Gasteiger partial charge in [-0.3, -0.25) is 9.59 Å². The van der Waals surface area contributed by atoms with Crippen LogP contribution in [0.2, 0.25) is 0 Å². The monoisotopic (exact) mass is 414 g/mol. The average Bonchev–Trinajstić information content (AvgIpc) is 2.73. The summed E-state index contributed by atoms with van der Waals surface area (Å²) >= 11 is 0. The van der Waals surface area contributed by atoms with Gasteiger partial charge in [0, 0.05) is 36.7 Å². The van der Waals surface area contributed by atoms with E-state index in [0.717, 1.165) is 30.4 Å². The predicted octanol–water partition coefficient (Wildman–Crippen LogP) is 4.50. The molecule has 3 rings (SSSR count). The van der Waals surface area contributed by atoms with E-state index in [0.29, 0.717) is 31.1 Å². The maximum atomic E-state index is 12.8. The molecule has 1 aliphatic heterocycles. The van der Waals surface area contributed by atoms with Crippen LogP contribution in [0.15, 0.2) is 48.5 Å². The number of piperidine rings is 1. The molecule has 0 atom stereocenters. The summed E-state index contributed by atoms with van der Waals surface area (Å²) in [5.41, 5.74) is 9.37. The van der Waals surface area contributed by atoms with Crippen LogP contribution in [0.5, 0.6) is 0 Å². The van der Waals surface area contributed by atoms with E-state index in [2.05, 4.69) is 26.0 Å². The molecule has 1 aliphatic rings. The number of amides is 1. The van der Waals surface area contributed by atoms with Gasteiger partial charge >= 0.3 is 0 Å². The lowest BCUT2D eigenvalue weighted by atomic mass is 9.88. The number of nitrogens with zero attached hydrogens (tertiary/aromatic N) is 1. The fourth-order valence-electron chi connectivity index (χ4n) is 3.82. The van der Waals surface area contributed by atoms with Gasteiger partial charge in [0.15, 0.2) is 5.78 Å². The summed E-state index contributed by atoms with van der Waals surface area (Å²) in [5.74, 6) is 0.845. The van der Waals surface area contributed by atoms with Crippen molar-refractivity contribution < 1.29 is 9.59 Å². The van der Waals surface area contributed by atoms with E-state index in [1.54, 1.807) is 0 Å². The molecular formula is C24H31ClN2O2. The zero-order chi connectivity index (χ0) is 20.1. The van der Waals surface area contributed by atoms with Gasteiger partial charge in [0.05, 0.1) is 0 Å². The Morgan fingerprint density at radius 1 is 0.931 bits per heavy atom. The molecule has 4 nitrogen and oxygen atoms in total. The molecule has 5 heteroatoms. The first-order valence-corrected chi connectivity index (χ1v) is 10.2. The second kappa shape index (κ2) is 10.6. The molecule has 0 aliphatic carbocycles. The van der Waals surface area contributed by atoms with Gasteiger partial charge in [-0.25, -0.2) is 0 Å². The third-order valence-corrected chi connectivity index (χ3v) is 5.47. The van der Waals surface area contributed by atoms with Crippen LogP contribution in [0.3, 0.4) is 0 Å². The van der Waals surface area contributed by atoms with Crippen LogP contribution in [0.4, 0.5) is 0 Å². The molecular weight excluding hydrogens is 384 g/mol. The minimum Gasteiger partial charge on any atom is -0.339 e. The second-order valence-corrected chi connectivity index (χ2v) is 8.13. The summed E-state index contributed by atoms with van der Waals surface area (Å²) in [6.07, 6.45) is 2.47. The maximum absolute atomic E-state index is 12.8. The zero-order valence-corrected chi connectivity index (χ0v) is 18.1. The lowest BCUT2D eigenvalue weighted by Gasteiger charge is -2.31. The highest BCUT2D eigenvalue weighted by Gasteiger charge is 2.28. The third-order valence-electron chi connectivity index (χ3n) is 5.47. The number of nitrogens with two attached hydrogens (primary N) is 1. The van der Waals surface area contributed by atoms with E-state index in [-0.39, 0.29) is 30.0 Å². The van der Waals surface area contributed by atoms with Gasteiger partial charge in [0.1, 0.15) is 0 Å². The van der Waals surface area contributed by atoms with Crippen LogP contribution >= 0.6 is 12.4 Å². The van der Waals surface area contributed by atoms with Crippen molar-refractivity contribution in [1.82, 2.24) is 4.90 Å². The Labute approximate surface area is 179 Å². The molecule has 1 fully saturated rings. The minimum atomic E-state index is -0.000357. The number of halogens is 1. The van der Waals surface area contributed by atoms with Crippen LogP contribution in [0, 0.1) is 11.8 Å². The third kappa shape index (κ3) is 5.91. The Hall–Kier alpha value is -2.17. The number of hydrogen-bond donors (Lipinski definition) is 1. The summed E-state index contributed by atoms with van der Waals surface area (Å²) in [4.78, 5) is 27.4. The highest BCUT2D eigenvalue weighted by Crippen LogP contribution is 2.23. The molecule has 0 saturated carbocycles. The van der Waals surface area contributed by atoms with Crippen molar-refractivity contribution in [3.8, 4) is 0 Å². The summed E-state index contributed by atoms with van der Waals surface area (Å²) in [5, 5.41) is 0. The fourth-order valence-corrected chi connectivity index (χ4v) is 3.82. The lowest BCUT2D eigenvalue weighted by molar-refractivity contribution is 0.0650. The smallest absolute Gasteiger partial charge is 0.253 e. The van der Waals surface area contributed by atoms with Crippen molar-refractivity contribution in [2.45, 2.75) is 39.7 Å². The van der Waals surface area contributed by atoms with E-state index in [4.69, 9.17) is 5.73 Å². The Morgan fingerprint density at radius 2 is 1.45 bits per heavy atom. The number of carbonyl (C=O) groups is 2. The number of hydrogen-bond acceptors (Lipinski definition) is 3. The van der Waals surface area contributed by atoms with Gasteiger partial charge in [-0.15, -0.1) is 12.4 Å². The van der Waals surface area contributed by atoms with Gasteiger partial charge in [-0.2, -0.15) is 0 Å². The van der Waals surface area contributed by atoms with Crippen LogP contribution in [-0.2, 0) is 13.0 Å². The second-order valence-electron chi connectivity index (χ2n) is 8.13. The molecule has 0 bridgehead atoms. The maximum Gasteiger partial charge on any atom is 0.253 e. The Morgan fingerprint density at radius 3 is 1.97 bits per heavy atom. The molecule has 0 radical (unpaired) electrons. The first-order chi connectivity index (χ1) is 13.5. The van der Waals surface area contributed by atoms with Gasteiger partial charge in [-0.1, -0.05) is 50.2 Å². The summed E-state index contributed by atoms with van der Waals surface area (Å²) < 4.78 is 0. The molecule has 0 unspecified atom stereocenters. The number of carbonyl (C=O) groups excluding carboxylic acids is 2. The van der Waals surface area contributed by atoms with Crippen LogP contribution in [0.1, 0.15) is 58.5 Å². The molecule has 1 amide bonds. The van der Waals surface area contributed by atoms with Crippen LogP contribution in [0.25, 0.3) is 0 Å². The number of ketones is 1. The standard InChI is InChI=1S/C24H30N2O2.ClH/c1-17(2)15-18-3-7-20(8-4-18)23(27)21-11-13-26(14-12-21)24(28)22-9-5-19(16-25)6-10-22;/h3-10,17,21H,11-16,25H2,1-2H3;1H. The largest absolute Gasteiger partial charge is 0.339 e. The Bertz CT molecular complexity index is 808. The molecule has 1 saturated heterocycles. The molecule has 2 aromatic rings. The van der Waals surface area contributed by atoms with E-state index in [1.165, 1.54) is 5.56 Å². The zero-order valence-electron chi connectivity index (χ0n) is 17.3. The van der Waals surface area contributed by atoms with Crippen molar-refractivity contribution in [3.05, 3.63) is 70.8 Å². The number of rotatable bonds is 6. The molecule has 2 aromatic carbocycles. The van der Waals surface area contributed by atoms with E-state index in [1.807, 2.05) is 41.3 Å². The van der Waals surface area contributed by atoms with E-state index < -0.39 is 0 Å². The number of Topliss-reactive ketones (excluding diaryl/α,β-unsaturated/α-hetero) is 1. The highest BCUT2D eigenvalue weighted by molar-refractivity contribution is 5.98. The van der Waals surface area contributed by atoms with E-state index in [9.17, 15) is 9.59 Å². The van der Waals surface area contributed by atoms with Crippen molar-refractivity contribution in [2.75, 3.05) is 13.1 Å². The van der Waals surface area contributed by atoms with Gasteiger partial charge < -0.3 is 10.6 Å².